The maximum absolute atomic E-state index is 14.5. The summed E-state index contributed by atoms with van der Waals surface area (Å²) in [5.74, 6) is -26.1. The van der Waals surface area contributed by atoms with Crippen molar-refractivity contribution in [3.63, 3.8) is 0 Å². The summed E-state index contributed by atoms with van der Waals surface area (Å²) in [6.45, 7) is 3.76. The van der Waals surface area contributed by atoms with E-state index in [0.29, 0.717) is 0 Å². The lowest BCUT2D eigenvalue weighted by molar-refractivity contribution is -0.303. The number of halogens is 9. The molecule has 1 saturated carbocycles. The Morgan fingerprint density at radius 3 is 1.82 bits per heavy atom. The molecule has 28 heavy (non-hydrogen) atoms. The molecule has 0 heterocycles. The zero-order valence-corrected chi connectivity index (χ0v) is 14.6. The normalized spacial score (nSPS) is 24.9. The summed E-state index contributed by atoms with van der Waals surface area (Å²) >= 11 is 0. The van der Waals surface area contributed by atoms with E-state index >= 15 is 0 Å². The van der Waals surface area contributed by atoms with Crippen molar-refractivity contribution in [2.75, 3.05) is 6.61 Å². The summed E-state index contributed by atoms with van der Waals surface area (Å²) in [4.78, 5) is 0. The molecule has 1 unspecified atom stereocenters. The Hall–Kier alpha value is -1.65. The maximum Gasteiger partial charge on any atom is 0.381 e. The summed E-state index contributed by atoms with van der Waals surface area (Å²) in [7, 11) is 0. The fourth-order valence-electron chi connectivity index (χ4n) is 2.80. The molecule has 1 aromatic carbocycles. The fraction of sp³-hybridized carbons (Fsp3) is 0.647. The second kappa shape index (κ2) is 6.70. The van der Waals surface area contributed by atoms with Crippen molar-refractivity contribution >= 4 is 0 Å². The molecule has 0 aliphatic heterocycles. The zero-order valence-electron chi connectivity index (χ0n) is 14.6. The lowest BCUT2D eigenvalue weighted by atomic mass is 9.88. The van der Waals surface area contributed by atoms with E-state index in [1.165, 1.54) is 12.1 Å². The number of alkyl halides is 9. The molecule has 0 amide bonds. The molecule has 2 rings (SSSR count). The van der Waals surface area contributed by atoms with Crippen LogP contribution in [0.15, 0.2) is 24.3 Å². The third-order valence-electron chi connectivity index (χ3n) is 4.48. The lowest BCUT2D eigenvalue weighted by Gasteiger charge is -2.32. The van der Waals surface area contributed by atoms with Gasteiger partial charge in [-0.1, -0.05) is 26.0 Å². The van der Waals surface area contributed by atoms with Gasteiger partial charge in [0.15, 0.2) is 0 Å². The number of rotatable bonds is 6. The van der Waals surface area contributed by atoms with Crippen LogP contribution in [0, 0.1) is 5.92 Å². The van der Waals surface area contributed by atoms with Gasteiger partial charge in [0.05, 0.1) is 12.7 Å². The third kappa shape index (κ3) is 2.93. The van der Waals surface area contributed by atoms with Gasteiger partial charge in [-0.15, -0.1) is 0 Å². The minimum Gasteiger partial charge on any atom is -0.493 e. The van der Waals surface area contributed by atoms with E-state index in [4.69, 9.17) is 4.74 Å². The highest BCUT2D eigenvalue weighted by Gasteiger charge is 3.00. The Balaban J connectivity index is 2.37. The summed E-state index contributed by atoms with van der Waals surface area (Å²) in [5.41, 5.74) is -6.13. The van der Waals surface area contributed by atoms with Crippen LogP contribution in [0.2, 0.25) is 0 Å². The predicted octanol–water partition coefficient (Wildman–Crippen LogP) is 5.41. The average molecular weight is 424 g/mol. The molecule has 1 atom stereocenters. The fourth-order valence-corrected chi connectivity index (χ4v) is 2.80. The van der Waals surface area contributed by atoms with Crippen LogP contribution in [0.25, 0.3) is 0 Å². The second-order valence-corrected chi connectivity index (χ2v) is 7.10. The van der Waals surface area contributed by atoms with Crippen LogP contribution < -0.4 is 4.74 Å². The van der Waals surface area contributed by atoms with Gasteiger partial charge < -0.3 is 9.84 Å². The molecular formula is C17H17F9O2. The zero-order chi connectivity index (χ0) is 21.8. The molecule has 1 N–H and O–H groups in total. The molecule has 1 aromatic rings. The minimum absolute atomic E-state index is 0.0544. The van der Waals surface area contributed by atoms with Crippen molar-refractivity contribution in [3.8, 4) is 5.75 Å². The average Bonchev–Trinajstić information content (AvgIpc) is 2.63. The van der Waals surface area contributed by atoms with Crippen LogP contribution in [0.4, 0.5) is 39.5 Å². The van der Waals surface area contributed by atoms with E-state index in [1.54, 1.807) is 13.8 Å². The van der Waals surface area contributed by atoms with Crippen LogP contribution in [-0.4, -0.2) is 41.1 Å². The third-order valence-corrected chi connectivity index (χ3v) is 4.48. The predicted molar refractivity (Wildman–Crippen MR) is 80.0 cm³/mol. The summed E-state index contributed by atoms with van der Waals surface area (Å²) < 4.78 is 128. The van der Waals surface area contributed by atoms with Crippen LogP contribution in [0.5, 0.6) is 5.75 Å². The molecule has 1 fully saturated rings. The van der Waals surface area contributed by atoms with Gasteiger partial charge in [0.2, 0.25) is 0 Å². The maximum atomic E-state index is 14.5. The number of hydrogen-bond acceptors (Lipinski definition) is 2. The molecule has 0 bridgehead atoms. The van der Waals surface area contributed by atoms with Crippen molar-refractivity contribution in [3.05, 3.63) is 29.8 Å². The Labute approximate surface area is 154 Å². The molecular weight excluding hydrogens is 407 g/mol. The SMILES string of the molecule is CC(C)COc1cccc(C(O)CC2(F)C(F)(F)C(F)(F)C(F)(F)C2(F)F)c1. The van der Waals surface area contributed by atoms with Crippen LogP contribution in [0.3, 0.4) is 0 Å². The van der Waals surface area contributed by atoms with E-state index in [2.05, 4.69) is 0 Å². The number of aliphatic hydroxyl groups excluding tert-OH is 1. The van der Waals surface area contributed by atoms with Gasteiger partial charge in [-0.3, -0.25) is 0 Å². The standard InChI is InChI=1S/C17H17F9O2/c1-9(2)8-28-11-5-3-4-10(6-11)12(27)7-13(18)14(19,20)16(23,24)17(25,26)15(13,21)22/h3-6,9,12,27H,7-8H2,1-2H3. The van der Waals surface area contributed by atoms with Gasteiger partial charge in [0.1, 0.15) is 5.75 Å². The molecule has 0 saturated heterocycles. The highest BCUT2D eigenvalue weighted by atomic mass is 19.4. The van der Waals surface area contributed by atoms with E-state index in [0.717, 1.165) is 12.1 Å². The molecule has 0 aromatic heterocycles. The Kier molecular flexibility index (Phi) is 5.42. The first-order chi connectivity index (χ1) is 12.5. The van der Waals surface area contributed by atoms with Gasteiger partial charge in [0.25, 0.3) is 5.67 Å². The van der Waals surface area contributed by atoms with Gasteiger partial charge in [-0.05, 0) is 23.6 Å². The van der Waals surface area contributed by atoms with Crippen molar-refractivity contribution < 1.29 is 49.4 Å². The summed E-state index contributed by atoms with van der Waals surface area (Å²) in [6, 6.07) is 4.54. The van der Waals surface area contributed by atoms with Crippen molar-refractivity contribution in [1.82, 2.24) is 0 Å². The first-order valence-electron chi connectivity index (χ1n) is 8.14. The van der Waals surface area contributed by atoms with Crippen molar-refractivity contribution in [2.45, 2.75) is 55.7 Å². The van der Waals surface area contributed by atoms with E-state index in [-0.39, 0.29) is 18.3 Å². The van der Waals surface area contributed by atoms with Gasteiger partial charge in [-0.25, -0.2) is 4.39 Å². The van der Waals surface area contributed by atoms with Crippen LogP contribution in [0.1, 0.15) is 31.9 Å². The van der Waals surface area contributed by atoms with E-state index < -0.39 is 47.4 Å². The molecule has 11 heteroatoms. The molecule has 0 radical (unpaired) electrons. The number of benzene rings is 1. The summed E-state index contributed by atoms with van der Waals surface area (Å²) in [6.07, 6.45) is -4.89. The van der Waals surface area contributed by atoms with Crippen LogP contribution >= 0.6 is 0 Å². The van der Waals surface area contributed by atoms with Crippen molar-refractivity contribution in [1.29, 1.82) is 0 Å². The monoisotopic (exact) mass is 424 g/mol. The minimum atomic E-state index is -6.65. The van der Waals surface area contributed by atoms with Crippen LogP contribution in [-0.2, 0) is 0 Å². The Morgan fingerprint density at radius 2 is 1.36 bits per heavy atom. The van der Waals surface area contributed by atoms with E-state index in [1.807, 2.05) is 0 Å². The van der Waals surface area contributed by atoms with Gasteiger partial charge in [-0.2, -0.15) is 35.1 Å². The second-order valence-electron chi connectivity index (χ2n) is 7.10. The topological polar surface area (TPSA) is 29.5 Å². The van der Waals surface area contributed by atoms with Crippen molar-refractivity contribution in [2.24, 2.45) is 5.92 Å². The van der Waals surface area contributed by atoms with Gasteiger partial charge in [0, 0.05) is 6.42 Å². The number of aliphatic hydroxyl groups is 1. The first kappa shape index (κ1) is 22.6. The Morgan fingerprint density at radius 1 is 0.857 bits per heavy atom. The molecule has 160 valence electrons. The molecule has 0 spiro atoms. The Bertz CT molecular complexity index is 692. The van der Waals surface area contributed by atoms with Gasteiger partial charge >= 0.3 is 23.7 Å². The molecule has 1 aliphatic carbocycles. The molecule has 1 aliphatic rings. The van der Waals surface area contributed by atoms with E-state index in [9.17, 15) is 44.6 Å². The largest absolute Gasteiger partial charge is 0.493 e. The smallest absolute Gasteiger partial charge is 0.381 e. The summed E-state index contributed by atoms with van der Waals surface area (Å²) in [5, 5.41) is 9.90. The molecule has 2 nitrogen and oxygen atoms in total. The number of ether oxygens (including phenoxy) is 1. The lowest BCUT2D eigenvalue weighted by Crippen LogP contribution is -2.55. The number of hydrogen-bond donors (Lipinski definition) is 1. The highest BCUT2D eigenvalue weighted by molar-refractivity contribution is 5.32. The first-order valence-corrected chi connectivity index (χ1v) is 8.14. The quantitative estimate of drug-likeness (QED) is 0.619. The highest BCUT2D eigenvalue weighted by Crippen LogP contribution is 2.70.